The molecular formula is C15H21ClN2O. The fraction of sp³-hybridized carbons (Fsp3) is 0.533. The molecule has 3 atom stereocenters. The van der Waals surface area contributed by atoms with E-state index in [1.54, 1.807) is 0 Å². The maximum Gasteiger partial charge on any atom is 0.225 e. The standard InChI is InChI=1S/C15H21ClN2O/c1-10(11-6-8-12(16)9-7-11)18-15(19)13-4-2-3-5-14(13)17/h6-10,13-14H,2-5,17H2,1H3,(H,18,19)/t10-,13?,14?/m1/s1. The summed E-state index contributed by atoms with van der Waals surface area (Å²) in [5.74, 6) is 0.0400. The van der Waals surface area contributed by atoms with E-state index in [9.17, 15) is 4.79 Å². The molecule has 1 fully saturated rings. The van der Waals surface area contributed by atoms with Crippen LogP contribution in [0.2, 0.25) is 5.02 Å². The Morgan fingerprint density at radius 2 is 1.95 bits per heavy atom. The van der Waals surface area contributed by atoms with Crippen LogP contribution in [0.1, 0.15) is 44.2 Å². The summed E-state index contributed by atoms with van der Waals surface area (Å²) in [6, 6.07) is 7.55. The van der Waals surface area contributed by atoms with Crippen LogP contribution >= 0.6 is 11.6 Å². The Kier molecular flexibility index (Phi) is 4.83. The number of carbonyl (C=O) groups excluding carboxylic acids is 1. The summed E-state index contributed by atoms with van der Waals surface area (Å²) in [5, 5.41) is 3.76. The summed E-state index contributed by atoms with van der Waals surface area (Å²) in [5.41, 5.74) is 7.09. The molecule has 1 aromatic carbocycles. The largest absolute Gasteiger partial charge is 0.349 e. The normalized spacial score (nSPS) is 24.8. The highest BCUT2D eigenvalue weighted by molar-refractivity contribution is 6.30. The lowest BCUT2D eigenvalue weighted by Gasteiger charge is -2.28. The van der Waals surface area contributed by atoms with Crippen molar-refractivity contribution >= 4 is 17.5 Å². The van der Waals surface area contributed by atoms with Gasteiger partial charge in [-0.3, -0.25) is 4.79 Å². The van der Waals surface area contributed by atoms with Gasteiger partial charge in [-0.05, 0) is 37.5 Å². The van der Waals surface area contributed by atoms with E-state index in [1.165, 1.54) is 0 Å². The second kappa shape index (κ2) is 6.40. The van der Waals surface area contributed by atoms with E-state index < -0.39 is 0 Å². The van der Waals surface area contributed by atoms with E-state index in [-0.39, 0.29) is 23.9 Å². The van der Waals surface area contributed by atoms with E-state index in [0.29, 0.717) is 5.02 Å². The monoisotopic (exact) mass is 280 g/mol. The van der Waals surface area contributed by atoms with Crippen molar-refractivity contribution in [2.24, 2.45) is 11.7 Å². The molecule has 19 heavy (non-hydrogen) atoms. The number of rotatable bonds is 3. The van der Waals surface area contributed by atoms with E-state index >= 15 is 0 Å². The minimum absolute atomic E-state index is 0.00571. The van der Waals surface area contributed by atoms with Gasteiger partial charge in [0.1, 0.15) is 0 Å². The first-order valence-corrected chi connectivity index (χ1v) is 7.27. The van der Waals surface area contributed by atoms with Crippen molar-refractivity contribution in [3.05, 3.63) is 34.9 Å². The van der Waals surface area contributed by atoms with E-state index in [1.807, 2.05) is 31.2 Å². The second-order valence-electron chi connectivity index (χ2n) is 5.34. The predicted octanol–water partition coefficient (Wildman–Crippen LogP) is 3.03. The summed E-state index contributed by atoms with van der Waals surface area (Å²) in [6.45, 7) is 1.98. The minimum atomic E-state index is -0.0384. The average molecular weight is 281 g/mol. The lowest BCUT2D eigenvalue weighted by Crippen LogP contribution is -2.44. The fourth-order valence-electron chi connectivity index (χ4n) is 2.64. The van der Waals surface area contributed by atoms with Gasteiger partial charge in [-0.1, -0.05) is 36.6 Å². The quantitative estimate of drug-likeness (QED) is 0.894. The van der Waals surface area contributed by atoms with Gasteiger partial charge in [0.15, 0.2) is 0 Å². The zero-order valence-electron chi connectivity index (χ0n) is 11.2. The van der Waals surface area contributed by atoms with Crippen LogP contribution in [0.25, 0.3) is 0 Å². The van der Waals surface area contributed by atoms with Crippen LogP contribution in [0, 0.1) is 5.92 Å². The molecule has 0 bridgehead atoms. The van der Waals surface area contributed by atoms with Crippen molar-refractivity contribution in [3.63, 3.8) is 0 Å². The van der Waals surface area contributed by atoms with Gasteiger partial charge in [0.25, 0.3) is 0 Å². The molecule has 1 saturated carbocycles. The number of hydrogen-bond donors (Lipinski definition) is 2. The van der Waals surface area contributed by atoms with Crippen LogP contribution in [0.5, 0.6) is 0 Å². The van der Waals surface area contributed by atoms with Crippen molar-refractivity contribution in [1.82, 2.24) is 5.32 Å². The zero-order chi connectivity index (χ0) is 13.8. The smallest absolute Gasteiger partial charge is 0.225 e. The van der Waals surface area contributed by atoms with Gasteiger partial charge >= 0.3 is 0 Å². The minimum Gasteiger partial charge on any atom is -0.349 e. The first-order valence-electron chi connectivity index (χ1n) is 6.89. The predicted molar refractivity (Wildman–Crippen MR) is 77.9 cm³/mol. The van der Waals surface area contributed by atoms with Gasteiger partial charge in [0.05, 0.1) is 12.0 Å². The number of carbonyl (C=O) groups is 1. The van der Waals surface area contributed by atoms with Crippen LogP contribution in [0.15, 0.2) is 24.3 Å². The van der Waals surface area contributed by atoms with E-state index in [2.05, 4.69) is 5.32 Å². The van der Waals surface area contributed by atoms with Crippen LogP contribution in [0.3, 0.4) is 0 Å². The topological polar surface area (TPSA) is 55.1 Å². The molecule has 0 spiro atoms. The third-order valence-corrected chi connectivity index (χ3v) is 4.14. The number of amides is 1. The Balaban J connectivity index is 1.96. The molecule has 0 aromatic heterocycles. The molecule has 1 aliphatic rings. The number of halogens is 1. The molecule has 2 rings (SSSR count). The summed E-state index contributed by atoms with van der Waals surface area (Å²) in [7, 11) is 0. The maximum absolute atomic E-state index is 12.2. The summed E-state index contributed by atoms with van der Waals surface area (Å²) >= 11 is 5.86. The average Bonchev–Trinajstić information content (AvgIpc) is 2.39. The van der Waals surface area contributed by atoms with Gasteiger partial charge in [-0.15, -0.1) is 0 Å². The van der Waals surface area contributed by atoms with Gasteiger partial charge in [-0.2, -0.15) is 0 Å². The van der Waals surface area contributed by atoms with Crippen molar-refractivity contribution in [2.75, 3.05) is 0 Å². The molecule has 0 aliphatic heterocycles. The summed E-state index contributed by atoms with van der Waals surface area (Å²) in [6.07, 6.45) is 4.09. The van der Waals surface area contributed by atoms with E-state index in [0.717, 1.165) is 31.2 Å². The molecule has 3 nitrogen and oxygen atoms in total. The van der Waals surface area contributed by atoms with Crippen LogP contribution < -0.4 is 11.1 Å². The molecule has 1 aliphatic carbocycles. The lowest BCUT2D eigenvalue weighted by atomic mass is 9.84. The molecular weight excluding hydrogens is 260 g/mol. The fourth-order valence-corrected chi connectivity index (χ4v) is 2.77. The highest BCUT2D eigenvalue weighted by Gasteiger charge is 2.28. The number of hydrogen-bond acceptors (Lipinski definition) is 2. The van der Waals surface area contributed by atoms with Gasteiger partial charge < -0.3 is 11.1 Å². The van der Waals surface area contributed by atoms with Crippen LogP contribution in [0.4, 0.5) is 0 Å². The number of nitrogens with one attached hydrogen (secondary N) is 1. The van der Waals surface area contributed by atoms with Crippen molar-refractivity contribution in [2.45, 2.75) is 44.7 Å². The molecule has 104 valence electrons. The van der Waals surface area contributed by atoms with Crippen LogP contribution in [-0.2, 0) is 4.79 Å². The molecule has 2 unspecified atom stereocenters. The highest BCUT2D eigenvalue weighted by atomic mass is 35.5. The molecule has 0 heterocycles. The zero-order valence-corrected chi connectivity index (χ0v) is 12.0. The van der Waals surface area contributed by atoms with Gasteiger partial charge in [0, 0.05) is 11.1 Å². The molecule has 3 N–H and O–H groups in total. The van der Waals surface area contributed by atoms with Gasteiger partial charge in [0.2, 0.25) is 5.91 Å². The Labute approximate surface area is 119 Å². The maximum atomic E-state index is 12.2. The van der Waals surface area contributed by atoms with Crippen LogP contribution in [-0.4, -0.2) is 11.9 Å². The Bertz CT molecular complexity index is 432. The number of nitrogens with two attached hydrogens (primary N) is 1. The summed E-state index contributed by atoms with van der Waals surface area (Å²) in [4.78, 5) is 12.2. The Hall–Kier alpha value is -1.06. The number of benzene rings is 1. The Morgan fingerprint density at radius 1 is 1.32 bits per heavy atom. The molecule has 1 amide bonds. The first kappa shape index (κ1) is 14.4. The molecule has 1 aromatic rings. The second-order valence-corrected chi connectivity index (χ2v) is 5.77. The van der Waals surface area contributed by atoms with Crippen molar-refractivity contribution in [3.8, 4) is 0 Å². The lowest BCUT2D eigenvalue weighted by molar-refractivity contribution is -0.127. The highest BCUT2D eigenvalue weighted by Crippen LogP contribution is 2.24. The molecule has 0 saturated heterocycles. The van der Waals surface area contributed by atoms with Crippen molar-refractivity contribution in [1.29, 1.82) is 0 Å². The third kappa shape index (κ3) is 3.71. The van der Waals surface area contributed by atoms with E-state index in [4.69, 9.17) is 17.3 Å². The first-order chi connectivity index (χ1) is 9.08. The van der Waals surface area contributed by atoms with Gasteiger partial charge in [-0.25, -0.2) is 0 Å². The molecule has 4 heteroatoms. The molecule has 0 radical (unpaired) electrons. The summed E-state index contributed by atoms with van der Waals surface area (Å²) < 4.78 is 0. The van der Waals surface area contributed by atoms with Crippen molar-refractivity contribution < 1.29 is 4.79 Å². The SMILES string of the molecule is C[C@@H](NC(=O)C1CCCCC1N)c1ccc(Cl)cc1. The Morgan fingerprint density at radius 3 is 2.58 bits per heavy atom. The third-order valence-electron chi connectivity index (χ3n) is 3.88.